The highest BCUT2D eigenvalue weighted by Crippen LogP contribution is 2.21. The van der Waals surface area contributed by atoms with Crippen molar-refractivity contribution in [2.45, 2.75) is 39.2 Å². The van der Waals surface area contributed by atoms with Crippen LogP contribution in [0.5, 0.6) is 0 Å². The average molecular weight is 291 g/mol. The third-order valence-corrected chi connectivity index (χ3v) is 3.76. The molecule has 1 aliphatic heterocycles. The molecule has 1 amide bonds. The van der Waals surface area contributed by atoms with Gasteiger partial charge in [0.15, 0.2) is 11.5 Å². The van der Waals surface area contributed by atoms with Gasteiger partial charge in [0.05, 0.1) is 0 Å². The third kappa shape index (κ3) is 4.67. The van der Waals surface area contributed by atoms with Crippen LogP contribution in [-0.2, 0) is 0 Å². The highest BCUT2D eigenvalue weighted by atomic mass is 16.1. The number of piperidine rings is 1. The van der Waals surface area contributed by atoms with Crippen LogP contribution in [0.3, 0.4) is 0 Å². The fraction of sp³-hybridized carbons (Fsp3) is 0.667. The van der Waals surface area contributed by atoms with Gasteiger partial charge < -0.3 is 16.0 Å². The lowest BCUT2D eigenvalue weighted by atomic mass is 9.95. The summed E-state index contributed by atoms with van der Waals surface area (Å²) in [7, 11) is 0. The van der Waals surface area contributed by atoms with Crippen LogP contribution < -0.4 is 16.0 Å². The van der Waals surface area contributed by atoms with Crippen LogP contribution in [0.25, 0.3) is 0 Å². The summed E-state index contributed by atoms with van der Waals surface area (Å²) in [5.74, 6) is 0.988. The molecular weight excluding hydrogens is 266 g/mol. The van der Waals surface area contributed by atoms with Crippen molar-refractivity contribution in [2.24, 2.45) is 11.7 Å². The van der Waals surface area contributed by atoms with Gasteiger partial charge in [-0.25, -0.2) is 0 Å². The number of nitrogens with one attached hydrogen (secondary N) is 1. The summed E-state index contributed by atoms with van der Waals surface area (Å²) in [5.41, 5.74) is 5.55. The van der Waals surface area contributed by atoms with Gasteiger partial charge in [-0.2, -0.15) is 0 Å². The van der Waals surface area contributed by atoms with Crippen molar-refractivity contribution >= 4 is 11.7 Å². The fourth-order valence-corrected chi connectivity index (χ4v) is 2.44. The number of rotatable bonds is 4. The quantitative estimate of drug-likeness (QED) is 0.870. The van der Waals surface area contributed by atoms with Gasteiger partial charge >= 0.3 is 0 Å². The van der Waals surface area contributed by atoms with Crippen LogP contribution in [0.1, 0.15) is 44.1 Å². The number of hydrogen-bond donors (Lipinski definition) is 2. The van der Waals surface area contributed by atoms with Gasteiger partial charge in [0.1, 0.15) is 0 Å². The van der Waals surface area contributed by atoms with E-state index in [1.807, 2.05) is 6.07 Å². The Bertz CT molecular complexity index is 472. The van der Waals surface area contributed by atoms with E-state index in [0.29, 0.717) is 5.92 Å². The number of nitrogens with two attached hydrogens (primary N) is 1. The molecule has 0 spiro atoms. The largest absolute Gasteiger partial charge is 0.364 e. The Hall–Kier alpha value is -1.69. The number of primary amides is 1. The molecule has 3 N–H and O–H groups in total. The summed E-state index contributed by atoms with van der Waals surface area (Å²) < 4.78 is 0. The lowest BCUT2D eigenvalue weighted by molar-refractivity contribution is 0.0994. The number of aromatic nitrogens is 2. The van der Waals surface area contributed by atoms with E-state index < -0.39 is 5.91 Å². The highest BCUT2D eigenvalue weighted by molar-refractivity contribution is 5.90. The Kier molecular flexibility index (Phi) is 4.77. The minimum Gasteiger partial charge on any atom is -0.364 e. The molecule has 1 saturated heterocycles. The van der Waals surface area contributed by atoms with Crippen LogP contribution in [0.15, 0.2) is 12.1 Å². The standard InChI is InChI=1S/C15H25N5O/c1-15(2,3)17-10-11-6-8-20(9-7-11)13-5-4-12(14(16)21)18-19-13/h4-5,11,17H,6-10H2,1-3H3,(H2,16,21). The molecule has 116 valence electrons. The Morgan fingerprint density at radius 3 is 2.48 bits per heavy atom. The first-order valence-corrected chi connectivity index (χ1v) is 7.49. The number of carbonyl (C=O) groups is 1. The van der Waals surface area contributed by atoms with Gasteiger partial charge in [-0.05, 0) is 58.2 Å². The first kappa shape index (κ1) is 15.7. The molecule has 0 aromatic carbocycles. The Labute approximate surface area is 126 Å². The van der Waals surface area contributed by atoms with Crippen LogP contribution in [0, 0.1) is 5.92 Å². The summed E-state index contributed by atoms with van der Waals surface area (Å²) in [6.07, 6.45) is 2.28. The molecule has 2 heterocycles. The maximum atomic E-state index is 11.0. The number of nitrogens with zero attached hydrogens (tertiary/aromatic N) is 3. The van der Waals surface area contributed by atoms with Crippen molar-refractivity contribution in [2.75, 3.05) is 24.5 Å². The molecule has 1 aromatic heterocycles. The number of amides is 1. The van der Waals surface area contributed by atoms with E-state index in [9.17, 15) is 4.79 Å². The van der Waals surface area contributed by atoms with Crippen molar-refractivity contribution in [1.82, 2.24) is 15.5 Å². The first-order valence-electron chi connectivity index (χ1n) is 7.49. The van der Waals surface area contributed by atoms with E-state index in [1.54, 1.807) is 6.07 Å². The van der Waals surface area contributed by atoms with Crippen molar-refractivity contribution < 1.29 is 4.79 Å². The minimum atomic E-state index is -0.541. The van der Waals surface area contributed by atoms with Crippen molar-refractivity contribution in [3.63, 3.8) is 0 Å². The summed E-state index contributed by atoms with van der Waals surface area (Å²) in [6, 6.07) is 3.46. The van der Waals surface area contributed by atoms with Gasteiger partial charge in [0.2, 0.25) is 0 Å². The second kappa shape index (κ2) is 6.39. The lowest BCUT2D eigenvalue weighted by Crippen LogP contribution is -2.43. The van der Waals surface area contributed by atoms with E-state index in [2.05, 4.69) is 41.2 Å². The maximum absolute atomic E-state index is 11.0. The first-order chi connectivity index (χ1) is 9.85. The molecule has 0 aliphatic carbocycles. The fourth-order valence-electron chi connectivity index (χ4n) is 2.44. The Morgan fingerprint density at radius 2 is 2.00 bits per heavy atom. The van der Waals surface area contributed by atoms with Crippen LogP contribution in [0.4, 0.5) is 5.82 Å². The van der Waals surface area contributed by atoms with E-state index in [-0.39, 0.29) is 11.2 Å². The van der Waals surface area contributed by atoms with Gasteiger partial charge in [-0.3, -0.25) is 4.79 Å². The van der Waals surface area contributed by atoms with Crippen molar-refractivity contribution in [3.8, 4) is 0 Å². The molecule has 1 aliphatic rings. The normalized spacial score (nSPS) is 17.0. The van der Waals surface area contributed by atoms with Crippen LogP contribution in [0.2, 0.25) is 0 Å². The molecule has 6 nitrogen and oxygen atoms in total. The zero-order chi connectivity index (χ0) is 15.5. The lowest BCUT2D eigenvalue weighted by Gasteiger charge is -2.34. The number of anilines is 1. The molecule has 21 heavy (non-hydrogen) atoms. The smallest absolute Gasteiger partial charge is 0.269 e. The van der Waals surface area contributed by atoms with E-state index >= 15 is 0 Å². The van der Waals surface area contributed by atoms with Gasteiger partial charge in [0.25, 0.3) is 5.91 Å². The third-order valence-electron chi connectivity index (χ3n) is 3.76. The monoisotopic (exact) mass is 291 g/mol. The van der Waals surface area contributed by atoms with E-state index in [0.717, 1.165) is 38.3 Å². The zero-order valence-corrected chi connectivity index (χ0v) is 13.1. The molecule has 6 heteroatoms. The van der Waals surface area contributed by atoms with Crippen LogP contribution in [-0.4, -0.2) is 41.3 Å². The summed E-state index contributed by atoms with van der Waals surface area (Å²) in [4.78, 5) is 13.2. The zero-order valence-electron chi connectivity index (χ0n) is 13.1. The van der Waals surface area contributed by atoms with E-state index in [1.165, 1.54) is 0 Å². The summed E-state index contributed by atoms with van der Waals surface area (Å²) in [5, 5.41) is 11.5. The molecule has 0 saturated carbocycles. The maximum Gasteiger partial charge on any atom is 0.269 e. The SMILES string of the molecule is CC(C)(C)NCC1CCN(c2ccc(C(N)=O)nn2)CC1. The number of carbonyl (C=O) groups excluding carboxylic acids is 1. The second-order valence-electron chi connectivity index (χ2n) is 6.70. The molecule has 0 unspecified atom stereocenters. The molecule has 0 radical (unpaired) electrons. The molecule has 1 fully saturated rings. The second-order valence-corrected chi connectivity index (χ2v) is 6.70. The summed E-state index contributed by atoms with van der Waals surface area (Å²) >= 11 is 0. The molecule has 0 atom stereocenters. The predicted octanol–water partition coefficient (Wildman–Crippen LogP) is 1.18. The Balaban J connectivity index is 1.84. The van der Waals surface area contributed by atoms with Gasteiger partial charge in [0, 0.05) is 18.6 Å². The molecule has 0 bridgehead atoms. The van der Waals surface area contributed by atoms with Crippen molar-refractivity contribution in [3.05, 3.63) is 17.8 Å². The topological polar surface area (TPSA) is 84.1 Å². The minimum absolute atomic E-state index is 0.174. The molecular formula is C15H25N5O. The molecule has 2 rings (SSSR count). The Morgan fingerprint density at radius 1 is 1.33 bits per heavy atom. The highest BCUT2D eigenvalue weighted by Gasteiger charge is 2.22. The summed E-state index contributed by atoms with van der Waals surface area (Å²) in [6.45, 7) is 9.58. The van der Waals surface area contributed by atoms with Crippen LogP contribution >= 0.6 is 0 Å². The molecule has 1 aromatic rings. The average Bonchev–Trinajstić information content (AvgIpc) is 2.45. The van der Waals surface area contributed by atoms with E-state index in [4.69, 9.17) is 5.73 Å². The number of hydrogen-bond acceptors (Lipinski definition) is 5. The van der Waals surface area contributed by atoms with Gasteiger partial charge in [-0.15, -0.1) is 10.2 Å². The van der Waals surface area contributed by atoms with Gasteiger partial charge in [-0.1, -0.05) is 0 Å². The van der Waals surface area contributed by atoms with Crippen molar-refractivity contribution in [1.29, 1.82) is 0 Å². The predicted molar refractivity (Wildman–Crippen MR) is 83.2 cm³/mol.